The van der Waals surface area contributed by atoms with Crippen LogP contribution >= 0.6 is 11.8 Å². The second-order valence-corrected chi connectivity index (χ2v) is 7.66. The number of fused-ring (bicyclic) bond motifs is 1. The fourth-order valence-electron chi connectivity index (χ4n) is 3.55. The van der Waals surface area contributed by atoms with Crippen LogP contribution in [0.2, 0.25) is 0 Å². The predicted octanol–water partition coefficient (Wildman–Crippen LogP) is 1.30. The Balaban J connectivity index is 1.61. The van der Waals surface area contributed by atoms with E-state index in [4.69, 9.17) is 0 Å². The third-order valence-electron chi connectivity index (χ3n) is 4.97. The van der Waals surface area contributed by atoms with E-state index < -0.39 is 0 Å². The molecule has 2 aliphatic rings. The lowest BCUT2D eigenvalue weighted by atomic mass is 10.3. The van der Waals surface area contributed by atoms with Crippen molar-refractivity contribution in [2.45, 2.75) is 30.0 Å². The van der Waals surface area contributed by atoms with Gasteiger partial charge in [0.05, 0.1) is 5.69 Å². The van der Waals surface area contributed by atoms with Crippen molar-refractivity contribution in [1.82, 2.24) is 19.5 Å². The zero-order chi connectivity index (χ0) is 17.2. The highest BCUT2D eigenvalue weighted by Crippen LogP contribution is 2.31. The average Bonchev–Trinajstić information content (AvgIpc) is 3.11. The highest BCUT2D eigenvalue weighted by molar-refractivity contribution is 7.98. The first kappa shape index (κ1) is 16.6. The van der Waals surface area contributed by atoms with Gasteiger partial charge in [-0.05, 0) is 44.0 Å². The molecule has 7 heteroatoms. The highest BCUT2D eigenvalue weighted by Gasteiger charge is 2.26. The van der Waals surface area contributed by atoms with Crippen LogP contribution in [0.5, 0.6) is 0 Å². The summed E-state index contributed by atoms with van der Waals surface area (Å²) in [6.07, 6.45) is 6.71. The van der Waals surface area contributed by atoms with E-state index in [1.54, 1.807) is 24.2 Å². The van der Waals surface area contributed by atoms with Gasteiger partial charge in [-0.2, -0.15) is 4.98 Å². The first-order valence-corrected chi connectivity index (χ1v) is 9.81. The van der Waals surface area contributed by atoms with E-state index in [9.17, 15) is 4.79 Å². The van der Waals surface area contributed by atoms with Crippen molar-refractivity contribution in [3.8, 4) is 0 Å². The molecule has 1 fully saturated rings. The van der Waals surface area contributed by atoms with Gasteiger partial charge in [0.1, 0.15) is 5.03 Å². The zero-order valence-electron chi connectivity index (χ0n) is 14.5. The van der Waals surface area contributed by atoms with Crippen molar-refractivity contribution in [3.05, 3.63) is 51.8 Å². The Morgan fingerprint density at radius 2 is 1.88 bits per heavy atom. The number of nitrogens with zero attached hydrogens (tertiary/aromatic N) is 5. The minimum Gasteiger partial charge on any atom is -0.306 e. The van der Waals surface area contributed by atoms with Gasteiger partial charge in [-0.1, -0.05) is 0 Å². The minimum absolute atomic E-state index is 0.123. The Labute approximate surface area is 151 Å². The maximum absolute atomic E-state index is 12.8. The van der Waals surface area contributed by atoms with Gasteiger partial charge in [-0.15, -0.1) is 11.8 Å². The van der Waals surface area contributed by atoms with Gasteiger partial charge in [0.25, 0.3) is 0 Å². The Kier molecular flexibility index (Phi) is 4.76. The number of likely N-dealkylation sites (N-methyl/N-ethyl adjacent to an activating group) is 1. The van der Waals surface area contributed by atoms with E-state index in [-0.39, 0.29) is 5.69 Å². The van der Waals surface area contributed by atoms with Crippen LogP contribution in [0.3, 0.4) is 0 Å². The molecule has 3 heterocycles. The number of aromatic nitrogens is 3. The van der Waals surface area contributed by atoms with E-state index in [0.717, 1.165) is 56.2 Å². The molecule has 1 saturated heterocycles. The van der Waals surface area contributed by atoms with E-state index in [1.807, 2.05) is 16.8 Å². The number of pyridine rings is 1. The summed E-state index contributed by atoms with van der Waals surface area (Å²) in [5, 5.41) is 3.09. The smallest absolute Gasteiger partial charge is 0.306 e. The molecule has 0 saturated carbocycles. The van der Waals surface area contributed by atoms with Crippen molar-refractivity contribution < 1.29 is 0 Å². The van der Waals surface area contributed by atoms with Crippen LogP contribution in [-0.2, 0) is 18.6 Å². The monoisotopic (exact) mass is 357 g/mol. The Morgan fingerprint density at radius 3 is 2.64 bits per heavy atom. The number of hydrogen-bond acceptors (Lipinski definition) is 6. The molecule has 0 N–H and O–H groups in total. The molecule has 0 spiro atoms. The minimum atomic E-state index is -0.123. The quantitative estimate of drug-likeness (QED) is 0.607. The predicted molar refractivity (Wildman–Crippen MR) is 99.8 cm³/mol. The second kappa shape index (κ2) is 7.17. The first-order chi connectivity index (χ1) is 12.2. The van der Waals surface area contributed by atoms with E-state index in [0.29, 0.717) is 0 Å². The van der Waals surface area contributed by atoms with Crippen molar-refractivity contribution >= 4 is 11.8 Å². The van der Waals surface area contributed by atoms with Gasteiger partial charge in [0.15, 0.2) is 0 Å². The van der Waals surface area contributed by atoms with Crippen LogP contribution in [0.1, 0.15) is 23.2 Å². The van der Waals surface area contributed by atoms with Crippen LogP contribution < -0.4 is 10.7 Å². The van der Waals surface area contributed by atoms with Gasteiger partial charge >= 0.3 is 5.69 Å². The maximum Gasteiger partial charge on any atom is 0.367 e. The number of rotatable bonds is 4. The largest absolute Gasteiger partial charge is 0.367 e. The Bertz CT molecular complexity index is 799. The molecule has 0 aromatic carbocycles. The van der Waals surface area contributed by atoms with Gasteiger partial charge in [0, 0.05) is 49.9 Å². The fourth-order valence-corrected chi connectivity index (χ4v) is 4.58. The van der Waals surface area contributed by atoms with Crippen LogP contribution in [-0.4, -0.2) is 52.8 Å². The molecular formula is C18H23N5OS. The molecule has 0 radical (unpaired) electrons. The topological polar surface area (TPSA) is 54.3 Å². The molecule has 132 valence electrons. The van der Waals surface area contributed by atoms with Crippen LogP contribution in [0.15, 0.2) is 34.3 Å². The van der Waals surface area contributed by atoms with Gasteiger partial charge in [0.2, 0.25) is 0 Å². The van der Waals surface area contributed by atoms with Crippen molar-refractivity contribution in [2.24, 2.45) is 0 Å². The third kappa shape index (κ3) is 3.43. The molecule has 4 rings (SSSR count). The normalized spacial score (nSPS) is 17.7. The average molecular weight is 357 g/mol. The molecule has 0 amide bonds. The third-order valence-corrected chi connectivity index (χ3v) is 6.06. The maximum atomic E-state index is 12.8. The summed E-state index contributed by atoms with van der Waals surface area (Å²) in [6, 6.07) is 4.03. The molecule has 0 unspecified atom stereocenters. The summed E-state index contributed by atoms with van der Waals surface area (Å²) in [4.78, 5) is 23.6. The van der Waals surface area contributed by atoms with E-state index in [2.05, 4.69) is 26.9 Å². The SMILES string of the molecule is CN1CCN(n2c3c(c(SCc4ccncc4)nc2=O)CCC3)CC1. The van der Waals surface area contributed by atoms with Crippen LogP contribution in [0.4, 0.5) is 0 Å². The van der Waals surface area contributed by atoms with Gasteiger partial charge in [-0.25, -0.2) is 9.47 Å². The molecule has 0 atom stereocenters. The lowest BCUT2D eigenvalue weighted by molar-refractivity contribution is 0.282. The van der Waals surface area contributed by atoms with Crippen molar-refractivity contribution in [3.63, 3.8) is 0 Å². The molecule has 2 aromatic rings. The standard InChI is InChI=1S/C18H23N5OS/c1-21-9-11-22(12-10-21)23-16-4-2-3-15(16)17(20-18(23)24)25-13-14-5-7-19-8-6-14/h5-8H,2-4,9-13H2,1H3. The summed E-state index contributed by atoms with van der Waals surface area (Å²) in [5.74, 6) is 0.819. The molecule has 1 aliphatic carbocycles. The molecule has 1 aliphatic heterocycles. The molecule has 2 aromatic heterocycles. The summed E-state index contributed by atoms with van der Waals surface area (Å²) >= 11 is 1.67. The summed E-state index contributed by atoms with van der Waals surface area (Å²) in [5.41, 5.74) is 3.54. The van der Waals surface area contributed by atoms with Crippen LogP contribution in [0.25, 0.3) is 0 Å². The second-order valence-electron chi connectivity index (χ2n) is 6.69. The van der Waals surface area contributed by atoms with Crippen molar-refractivity contribution in [1.29, 1.82) is 0 Å². The lowest BCUT2D eigenvalue weighted by Gasteiger charge is -2.35. The Hall–Kier alpha value is -1.86. The molecule has 6 nitrogen and oxygen atoms in total. The first-order valence-electron chi connectivity index (χ1n) is 8.82. The lowest BCUT2D eigenvalue weighted by Crippen LogP contribution is -2.54. The molecular weight excluding hydrogens is 334 g/mol. The zero-order valence-corrected chi connectivity index (χ0v) is 15.3. The van der Waals surface area contributed by atoms with E-state index >= 15 is 0 Å². The number of thioether (sulfide) groups is 1. The summed E-state index contributed by atoms with van der Waals surface area (Å²) in [6.45, 7) is 3.74. The van der Waals surface area contributed by atoms with Gasteiger partial charge in [-0.3, -0.25) is 4.98 Å². The summed E-state index contributed by atoms with van der Waals surface area (Å²) in [7, 11) is 2.13. The van der Waals surface area contributed by atoms with Gasteiger partial charge < -0.3 is 9.91 Å². The number of piperazine rings is 1. The highest BCUT2D eigenvalue weighted by atomic mass is 32.2. The molecule has 0 bridgehead atoms. The number of hydrogen-bond donors (Lipinski definition) is 0. The van der Waals surface area contributed by atoms with Crippen molar-refractivity contribution in [2.75, 3.05) is 38.2 Å². The molecule has 25 heavy (non-hydrogen) atoms. The fraction of sp³-hybridized carbons (Fsp3) is 0.500. The van der Waals surface area contributed by atoms with E-state index in [1.165, 1.54) is 16.8 Å². The Morgan fingerprint density at radius 1 is 1.12 bits per heavy atom. The summed E-state index contributed by atoms with van der Waals surface area (Å²) < 4.78 is 1.87. The van der Waals surface area contributed by atoms with Crippen LogP contribution in [0, 0.1) is 0 Å².